The van der Waals surface area contributed by atoms with Crippen LogP contribution in [0.25, 0.3) is 11.1 Å². The molecule has 1 aromatic carbocycles. The topological polar surface area (TPSA) is 38.9 Å². The van der Waals surface area contributed by atoms with Crippen molar-refractivity contribution in [1.82, 2.24) is 4.98 Å². The van der Waals surface area contributed by atoms with Gasteiger partial charge in [-0.2, -0.15) is 13.2 Å². The maximum atomic E-state index is 12.9. The summed E-state index contributed by atoms with van der Waals surface area (Å²) in [6.45, 7) is 0. The van der Waals surface area contributed by atoms with Gasteiger partial charge in [-0.25, -0.2) is 4.98 Å². The quantitative estimate of drug-likeness (QED) is 0.779. The number of halogens is 4. The van der Waals surface area contributed by atoms with Crippen molar-refractivity contribution in [1.29, 1.82) is 0 Å². The third kappa shape index (κ3) is 2.58. The number of aromatic nitrogens is 1. The van der Waals surface area contributed by atoms with Gasteiger partial charge < -0.3 is 5.73 Å². The predicted molar refractivity (Wildman–Crippen MR) is 71.8 cm³/mol. The first-order chi connectivity index (χ1) is 8.39. The van der Waals surface area contributed by atoms with Gasteiger partial charge in [-0.3, -0.25) is 0 Å². The third-order valence-corrected chi connectivity index (χ3v) is 3.28. The van der Waals surface area contributed by atoms with E-state index in [9.17, 15) is 13.2 Å². The van der Waals surface area contributed by atoms with Crippen molar-refractivity contribution in [2.75, 3.05) is 5.73 Å². The van der Waals surface area contributed by atoms with E-state index in [2.05, 4.69) is 4.98 Å². The lowest BCUT2D eigenvalue weighted by molar-refractivity contribution is -0.137. The number of nitrogen functional groups attached to an aromatic ring is 1. The van der Waals surface area contributed by atoms with Crippen molar-refractivity contribution in [3.05, 3.63) is 45.7 Å². The van der Waals surface area contributed by atoms with Crippen LogP contribution in [0.4, 0.5) is 19.0 Å². The molecule has 0 spiro atoms. The largest absolute Gasteiger partial charge is 0.417 e. The number of benzene rings is 1. The molecule has 0 unspecified atom stereocenters. The molecule has 2 aromatic rings. The molecular weight excluding hydrogens is 356 g/mol. The highest BCUT2D eigenvalue weighted by molar-refractivity contribution is 14.1. The first kappa shape index (κ1) is 13.1. The van der Waals surface area contributed by atoms with Crippen molar-refractivity contribution >= 4 is 28.4 Å². The average molecular weight is 364 g/mol. The predicted octanol–water partition coefficient (Wildman–Crippen LogP) is 3.95. The smallest absolute Gasteiger partial charge is 0.383 e. The van der Waals surface area contributed by atoms with Crippen LogP contribution in [0.2, 0.25) is 0 Å². The fourth-order valence-electron chi connectivity index (χ4n) is 1.58. The number of nitrogens with two attached hydrogens (primary N) is 1. The fraction of sp³-hybridized carbons (Fsp3) is 0.0833. The Morgan fingerprint density at radius 1 is 1.17 bits per heavy atom. The molecule has 0 bridgehead atoms. The maximum Gasteiger partial charge on any atom is 0.417 e. The number of anilines is 1. The Morgan fingerprint density at radius 3 is 2.44 bits per heavy atom. The van der Waals surface area contributed by atoms with E-state index in [1.807, 2.05) is 22.6 Å². The van der Waals surface area contributed by atoms with E-state index < -0.39 is 11.7 Å². The van der Waals surface area contributed by atoms with Crippen LogP contribution in [0.5, 0.6) is 0 Å². The standard InChI is InChI=1S/C12H8F3IN2/c13-12(14,15)9-4-2-1-3-8(9)7-5-10(16)11(17)18-6-7/h1-6H,(H2,17,18). The SMILES string of the molecule is Nc1ncc(-c2ccccc2C(F)(F)F)cc1I. The second-order valence-corrected chi connectivity index (χ2v) is 4.80. The molecular formula is C12H8F3IN2. The van der Waals surface area contributed by atoms with Gasteiger partial charge in [-0.05, 0) is 40.3 Å². The van der Waals surface area contributed by atoms with E-state index >= 15 is 0 Å². The molecule has 0 aliphatic rings. The Hall–Kier alpha value is -1.31. The Morgan fingerprint density at radius 2 is 1.83 bits per heavy atom. The van der Waals surface area contributed by atoms with Crippen molar-refractivity contribution in [2.45, 2.75) is 6.18 Å². The molecule has 1 aromatic heterocycles. The maximum absolute atomic E-state index is 12.9. The molecule has 0 saturated heterocycles. The van der Waals surface area contributed by atoms with Crippen molar-refractivity contribution in [3.8, 4) is 11.1 Å². The zero-order chi connectivity index (χ0) is 13.3. The molecule has 2 N–H and O–H groups in total. The summed E-state index contributed by atoms with van der Waals surface area (Å²) in [5, 5.41) is 0. The molecule has 0 aliphatic heterocycles. The van der Waals surface area contributed by atoms with Crippen LogP contribution < -0.4 is 5.73 Å². The normalized spacial score (nSPS) is 11.6. The Kier molecular flexibility index (Phi) is 3.47. The van der Waals surface area contributed by atoms with Gasteiger partial charge in [-0.1, -0.05) is 18.2 Å². The van der Waals surface area contributed by atoms with Crippen LogP contribution in [-0.2, 0) is 6.18 Å². The van der Waals surface area contributed by atoms with Gasteiger partial charge in [0.15, 0.2) is 0 Å². The average Bonchev–Trinajstić information content (AvgIpc) is 2.32. The number of hydrogen-bond donors (Lipinski definition) is 1. The third-order valence-electron chi connectivity index (χ3n) is 2.41. The minimum Gasteiger partial charge on any atom is -0.383 e. The lowest BCUT2D eigenvalue weighted by Gasteiger charge is -2.12. The van der Waals surface area contributed by atoms with Crippen LogP contribution >= 0.6 is 22.6 Å². The lowest BCUT2D eigenvalue weighted by atomic mass is 10.0. The molecule has 2 nitrogen and oxygen atoms in total. The zero-order valence-electron chi connectivity index (χ0n) is 9.00. The van der Waals surface area contributed by atoms with Crippen LogP contribution in [0.15, 0.2) is 36.5 Å². The van der Waals surface area contributed by atoms with Gasteiger partial charge >= 0.3 is 6.18 Å². The minimum atomic E-state index is -4.39. The van der Waals surface area contributed by atoms with Crippen LogP contribution in [0, 0.1) is 3.57 Å². The van der Waals surface area contributed by atoms with E-state index in [1.54, 1.807) is 12.1 Å². The number of rotatable bonds is 1. The summed E-state index contributed by atoms with van der Waals surface area (Å²) < 4.78 is 39.2. The Bertz CT molecular complexity index is 582. The number of pyridine rings is 1. The van der Waals surface area contributed by atoms with E-state index in [0.29, 0.717) is 15.0 Å². The molecule has 1 heterocycles. The summed E-state index contributed by atoms with van der Waals surface area (Å²) in [7, 11) is 0. The number of alkyl halides is 3. The molecule has 0 aliphatic carbocycles. The highest BCUT2D eigenvalue weighted by Crippen LogP contribution is 2.37. The molecule has 0 fully saturated rings. The van der Waals surface area contributed by atoms with Crippen molar-refractivity contribution in [2.24, 2.45) is 0 Å². The summed E-state index contributed by atoms with van der Waals surface area (Å²) in [6.07, 6.45) is -3.04. The summed E-state index contributed by atoms with van der Waals surface area (Å²) in [5.74, 6) is 0.309. The van der Waals surface area contributed by atoms with Gasteiger partial charge in [0.05, 0.1) is 9.13 Å². The first-order valence-corrected chi connectivity index (χ1v) is 6.05. The molecule has 6 heteroatoms. The van der Waals surface area contributed by atoms with Crippen molar-refractivity contribution < 1.29 is 13.2 Å². The molecule has 18 heavy (non-hydrogen) atoms. The second kappa shape index (κ2) is 4.75. The summed E-state index contributed by atoms with van der Waals surface area (Å²) in [6, 6.07) is 6.99. The lowest BCUT2D eigenvalue weighted by Crippen LogP contribution is -2.07. The number of hydrogen-bond acceptors (Lipinski definition) is 2. The van der Waals surface area contributed by atoms with Gasteiger partial charge in [0.1, 0.15) is 5.82 Å². The van der Waals surface area contributed by atoms with E-state index in [4.69, 9.17) is 5.73 Å². The van der Waals surface area contributed by atoms with E-state index in [0.717, 1.165) is 6.07 Å². The molecule has 0 amide bonds. The Labute approximate surface area is 115 Å². The van der Waals surface area contributed by atoms with Gasteiger partial charge in [-0.15, -0.1) is 0 Å². The molecule has 0 radical (unpaired) electrons. The summed E-state index contributed by atoms with van der Waals surface area (Å²) in [4.78, 5) is 3.88. The minimum absolute atomic E-state index is 0.107. The van der Waals surface area contributed by atoms with Gasteiger partial charge in [0, 0.05) is 11.8 Å². The first-order valence-electron chi connectivity index (χ1n) is 4.97. The fourth-order valence-corrected chi connectivity index (χ4v) is 2.05. The van der Waals surface area contributed by atoms with Crippen LogP contribution in [0.1, 0.15) is 5.56 Å². The summed E-state index contributed by atoms with van der Waals surface area (Å²) >= 11 is 1.94. The number of nitrogens with zero attached hydrogens (tertiary/aromatic N) is 1. The highest BCUT2D eigenvalue weighted by Gasteiger charge is 2.33. The van der Waals surface area contributed by atoms with E-state index in [1.165, 1.54) is 18.3 Å². The molecule has 94 valence electrons. The monoisotopic (exact) mass is 364 g/mol. The highest BCUT2D eigenvalue weighted by atomic mass is 127. The van der Waals surface area contributed by atoms with Crippen molar-refractivity contribution in [3.63, 3.8) is 0 Å². The zero-order valence-corrected chi connectivity index (χ0v) is 11.2. The van der Waals surface area contributed by atoms with Crippen LogP contribution in [0.3, 0.4) is 0 Å². The van der Waals surface area contributed by atoms with Gasteiger partial charge in [0.25, 0.3) is 0 Å². The second-order valence-electron chi connectivity index (χ2n) is 3.63. The van der Waals surface area contributed by atoms with Crippen LogP contribution in [-0.4, -0.2) is 4.98 Å². The molecule has 2 rings (SSSR count). The van der Waals surface area contributed by atoms with E-state index in [-0.39, 0.29) is 5.56 Å². The Balaban J connectivity index is 2.61. The van der Waals surface area contributed by atoms with Gasteiger partial charge in [0.2, 0.25) is 0 Å². The molecule has 0 atom stereocenters. The molecule has 0 saturated carbocycles. The summed E-state index contributed by atoms with van der Waals surface area (Å²) in [5.41, 5.74) is 5.39.